The van der Waals surface area contributed by atoms with E-state index in [4.69, 9.17) is 9.15 Å². The molecular weight excluding hydrogens is 280 g/mol. The van der Waals surface area contributed by atoms with E-state index in [9.17, 15) is 4.79 Å². The zero-order valence-electron chi connectivity index (χ0n) is 12.8. The van der Waals surface area contributed by atoms with Crippen LogP contribution in [0.3, 0.4) is 0 Å². The number of carbonyl (C=O) groups is 1. The molecule has 118 valence electrons. The van der Waals surface area contributed by atoms with Crippen LogP contribution in [-0.4, -0.2) is 19.1 Å². The fraction of sp³-hybridized carbons (Fsp3) is 0.353. The van der Waals surface area contributed by atoms with Gasteiger partial charge in [0.1, 0.15) is 11.5 Å². The number of benzene rings is 1. The predicted molar refractivity (Wildman–Crippen MR) is 85.9 cm³/mol. The summed E-state index contributed by atoms with van der Waals surface area (Å²) in [6, 6.07) is 11.2. The van der Waals surface area contributed by atoms with Crippen LogP contribution in [0.4, 0.5) is 5.69 Å². The van der Waals surface area contributed by atoms with Gasteiger partial charge in [0.15, 0.2) is 0 Å². The van der Waals surface area contributed by atoms with Crippen molar-refractivity contribution in [3.8, 4) is 5.75 Å². The highest BCUT2D eigenvalue weighted by molar-refractivity contribution is 5.80. The van der Waals surface area contributed by atoms with Crippen molar-refractivity contribution in [3.63, 3.8) is 0 Å². The quantitative estimate of drug-likeness (QED) is 0.698. The summed E-state index contributed by atoms with van der Waals surface area (Å²) in [4.78, 5) is 11.7. The van der Waals surface area contributed by atoms with Crippen LogP contribution in [0, 0.1) is 0 Å². The van der Waals surface area contributed by atoms with Crippen LogP contribution in [0.2, 0.25) is 0 Å². The normalized spacial score (nSPS) is 10.2. The van der Waals surface area contributed by atoms with Crippen LogP contribution in [0.25, 0.3) is 0 Å². The molecule has 2 aromatic rings. The Morgan fingerprint density at radius 2 is 2.05 bits per heavy atom. The molecule has 0 radical (unpaired) electrons. The Morgan fingerprint density at radius 3 is 2.73 bits per heavy atom. The number of carbonyl (C=O) groups excluding carboxylic acids is 1. The van der Waals surface area contributed by atoms with Crippen molar-refractivity contribution in [2.45, 2.75) is 26.3 Å². The third kappa shape index (κ3) is 5.52. The molecule has 0 aliphatic carbocycles. The first-order valence-electron chi connectivity index (χ1n) is 7.53. The fourth-order valence-electron chi connectivity index (χ4n) is 1.85. The summed E-state index contributed by atoms with van der Waals surface area (Å²) in [5, 5.41) is 5.85. The molecule has 0 unspecified atom stereocenters. The molecule has 1 aromatic heterocycles. The molecule has 1 aromatic carbocycles. The largest absolute Gasteiger partial charge is 0.494 e. The van der Waals surface area contributed by atoms with Crippen LogP contribution in [0.1, 0.15) is 25.5 Å². The van der Waals surface area contributed by atoms with E-state index >= 15 is 0 Å². The van der Waals surface area contributed by atoms with Gasteiger partial charge in [0.05, 0.1) is 26.0 Å². The van der Waals surface area contributed by atoms with E-state index in [0.717, 1.165) is 36.6 Å². The van der Waals surface area contributed by atoms with E-state index in [1.54, 1.807) is 12.3 Å². The Labute approximate surface area is 130 Å². The summed E-state index contributed by atoms with van der Waals surface area (Å²) in [5.41, 5.74) is 0.885. The van der Waals surface area contributed by atoms with E-state index in [1.807, 2.05) is 30.3 Å². The lowest BCUT2D eigenvalue weighted by molar-refractivity contribution is -0.119. The van der Waals surface area contributed by atoms with E-state index in [0.29, 0.717) is 6.54 Å². The molecule has 1 heterocycles. The van der Waals surface area contributed by atoms with Crippen molar-refractivity contribution in [1.29, 1.82) is 0 Å². The van der Waals surface area contributed by atoms with Crippen molar-refractivity contribution in [2.75, 3.05) is 18.5 Å². The summed E-state index contributed by atoms with van der Waals surface area (Å²) in [7, 11) is 0. The first kappa shape index (κ1) is 15.9. The van der Waals surface area contributed by atoms with Gasteiger partial charge in [0.2, 0.25) is 5.91 Å². The highest BCUT2D eigenvalue weighted by Crippen LogP contribution is 2.15. The smallest absolute Gasteiger partial charge is 0.239 e. The third-order valence-electron chi connectivity index (χ3n) is 3.11. The molecule has 0 aliphatic heterocycles. The minimum atomic E-state index is -0.0836. The Morgan fingerprint density at radius 1 is 1.23 bits per heavy atom. The highest BCUT2D eigenvalue weighted by atomic mass is 16.5. The highest BCUT2D eigenvalue weighted by Gasteiger charge is 2.03. The lowest BCUT2D eigenvalue weighted by Crippen LogP contribution is -2.29. The fourth-order valence-corrected chi connectivity index (χ4v) is 1.85. The van der Waals surface area contributed by atoms with Gasteiger partial charge in [-0.1, -0.05) is 13.3 Å². The maximum absolute atomic E-state index is 11.7. The van der Waals surface area contributed by atoms with Crippen molar-refractivity contribution in [1.82, 2.24) is 5.32 Å². The second kappa shape index (κ2) is 8.77. The van der Waals surface area contributed by atoms with Crippen LogP contribution < -0.4 is 15.4 Å². The number of amides is 1. The minimum Gasteiger partial charge on any atom is -0.494 e. The number of unbranched alkanes of at least 4 members (excludes halogenated alkanes) is 1. The third-order valence-corrected chi connectivity index (χ3v) is 3.11. The number of furan rings is 1. The lowest BCUT2D eigenvalue weighted by Gasteiger charge is -2.09. The number of anilines is 1. The number of hydrogen-bond donors (Lipinski definition) is 2. The van der Waals surface area contributed by atoms with Gasteiger partial charge in [-0.3, -0.25) is 4.79 Å². The Bertz CT molecular complexity index is 550. The monoisotopic (exact) mass is 302 g/mol. The van der Waals surface area contributed by atoms with Crippen molar-refractivity contribution >= 4 is 11.6 Å². The summed E-state index contributed by atoms with van der Waals surface area (Å²) >= 11 is 0. The molecule has 5 heteroatoms. The second-order valence-electron chi connectivity index (χ2n) is 4.94. The molecular formula is C17H22N2O3. The topological polar surface area (TPSA) is 63.5 Å². The van der Waals surface area contributed by atoms with E-state index < -0.39 is 0 Å². The molecule has 0 saturated heterocycles. The summed E-state index contributed by atoms with van der Waals surface area (Å²) in [5.74, 6) is 1.50. The Hall–Kier alpha value is -2.43. The minimum absolute atomic E-state index is 0.0836. The van der Waals surface area contributed by atoms with Crippen LogP contribution >= 0.6 is 0 Å². The molecule has 5 nitrogen and oxygen atoms in total. The van der Waals surface area contributed by atoms with Crippen molar-refractivity contribution < 1.29 is 13.9 Å². The van der Waals surface area contributed by atoms with Gasteiger partial charge >= 0.3 is 0 Å². The zero-order chi connectivity index (χ0) is 15.6. The van der Waals surface area contributed by atoms with Crippen molar-refractivity contribution in [3.05, 3.63) is 48.4 Å². The predicted octanol–water partition coefficient (Wildman–Crippen LogP) is 3.19. The molecule has 22 heavy (non-hydrogen) atoms. The summed E-state index contributed by atoms with van der Waals surface area (Å²) in [6.45, 7) is 3.49. The van der Waals surface area contributed by atoms with Gasteiger partial charge in [-0.15, -0.1) is 0 Å². The Balaban J connectivity index is 1.68. The number of nitrogens with one attached hydrogen (secondary N) is 2. The molecule has 0 atom stereocenters. The molecule has 1 amide bonds. The lowest BCUT2D eigenvalue weighted by atomic mass is 10.3. The zero-order valence-corrected chi connectivity index (χ0v) is 12.8. The SMILES string of the molecule is CCCCOc1ccc(NCC(=O)NCc2ccco2)cc1. The first-order valence-corrected chi connectivity index (χ1v) is 7.53. The standard InChI is InChI=1S/C17H22N2O3/c1-2-3-10-21-15-8-6-14(7-9-15)18-13-17(20)19-12-16-5-4-11-22-16/h4-9,11,18H,2-3,10,12-13H2,1H3,(H,19,20). The maximum Gasteiger partial charge on any atom is 0.239 e. The van der Waals surface area contributed by atoms with E-state index in [-0.39, 0.29) is 12.5 Å². The molecule has 0 bridgehead atoms. The number of rotatable bonds is 9. The number of hydrogen-bond acceptors (Lipinski definition) is 4. The van der Waals surface area contributed by atoms with Gasteiger partial charge in [-0.2, -0.15) is 0 Å². The molecule has 0 saturated carbocycles. The second-order valence-corrected chi connectivity index (χ2v) is 4.94. The summed E-state index contributed by atoms with van der Waals surface area (Å²) in [6.07, 6.45) is 3.76. The summed E-state index contributed by atoms with van der Waals surface area (Å²) < 4.78 is 10.7. The van der Waals surface area contributed by atoms with Gasteiger partial charge < -0.3 is 19.8 Å². The number of ether oxygens (including phenoxy) is 1. The van der Waals surface area contributed by atoms with Crippen LogP contribution in [0.15, 0.2) is 47.1 Å². The molecule has 0 spiro atoms. The molecule has 2 N–H and O–H groups in total. The maximum atomic E-state index is 11.7. The average molecular weight is 302 g/mol. The van der Waals surface area contributed by atoms with Gasteiger partial charge in [0.25, 0.3) is 0 Å². The van der Waals surface area contributed by atoms with Crippen LogP contribution in [0.5, 0.6) is 5.75 Å². The molecule has 2 rings (SSSR count). The average Bonchev–Trinajstić information content (AvgIpc) is 3.06. The van der Waals surface area contributed by atoms with E-state index in [1.165, 1.54) is 0 Å². The van der Waals surface area contributed by atoms with Crippen molar-refractivity contribution in [2.24, 2.45) is 0 Å². The van der Waals surface area contributed by atoms with E-state index in [2.05, 4.69) is 17.6 Å². The van der Waals surface area contributed by atoms with Gasteiger partial charge in [-0.25, -0.2) is 0 Å². The van der Waals surface area contributed by atoms with Gasteiger partial charge in [0, 0.05) is 5.69 Å². The first-order chi connectivity index (χ1) is 10.8. The molecule has 0 fully saturated rings. The molecule has 0 aliphatic rings. The van der Waals surface area contributed by atoms with Gasteiger partial charge in [-0.05, 0) is 42.8 Å². The van der Waals surface area contributed by atoms with Crippen LogP contribution in [-0.2, 0) is 11.3 Å². The Kier molecular flexibility index (Phi) is 6.36.